The molecule has 1 atom stereocenters. The molecule has 0 bridgehead atoms. The van der Waals surface area contributed by atoms with Crippen molar-refractivity contribution in [2.75, 3.05) is 0 Å². The molecule has 1 fully saturated rings. The van der Waals surface area contributed by atoms with E-state index in [0.29, 0.717) is 0 Å². The summed E-state index contributed by atoms with van der Waals surface area (Å²) in [6.45, 7) is 4.05. The van der Waals surface area contributed by atoms with Crippen molar-refractivity contribution < 1.29 is 9.94 Å². The summed E-state index contributed by atoms with van der Waals surface area (Å²) < 4.78 is 6.71. The fourth-order valence-corrected chi connectivity index (χ4v) is 4.00. The van der Waals surface area contributed by atoms with Gasteiger partial charge in [-0.3, -0.25) is 0 Å². The second kappa shape index (κ2) is 6.36. The molecular weight excluding hydrogens is 322 g/mol. The number of hydroxylamine groups is 2. The Morgan fingerprint density at radius 3 is 1.62 bits per heavy atom. The number of hydrogen-bond donors (Lipinski definition) is 1. The smallest absolute Gasteiger partial charge is 0.161 e. The van der Waals surface area contributed by atoms with E-state index in [1.165, 1.54) is 5.06 Å². The maximum atomic E-state index is 11.1. The van der Waals surface area contributed by atoms with Gasteiger partial charge in [0.2, 0.25) is 0 Å². The normalized spacial score (nSPS) is 21.6. The molecule has 3 heteroatoms. The van der Waals surface area contributed by atoms with Gasteiger partial charge in [0.25, 0.3) is 0 Å². The minimum absolute atomic E-state index is 0.549. The van der Waals surface area contributed by atoms with Crippen molar-refractivity contribution in [3.63, 3.8) is 0 Å². The van der Waals surface area contributed by atoms with Gasteiger partial charge >= 0.3 is 0 Å². The molecule has 132 valence electrons. The van der Waals surface area contributed by atoms with Crippen LogP contribution < -0.4 is 0 Å². The van der Waals surface area contributed by atoms with E-state index in [4.69, 9.17) is 4.74 Å². The molecule has 4 rings (SSSR count). The third-order valence-corrected chi connectivity index (χ3v) is 5.39. The lowest BCUT2D eigenvalue weighted by molar-refractivity contribution is -0.193. The fourth-order valence-electron chi connectivity index (χ4n) is 4.00. The van der Waals surface area contributed by atoms with E-state index in [-0.39, 0.29) is 0 Å². The van der Waals surface area contributed by atoms with Crippen molar-refractivity contribution in [3.8, 4) is 0 Å². The van der Waals surface area contributed by atoms with Crippen LogP contribution in [0.15, 0.2) is 91.0 Å². The van der Waals surface area contributed by atoms with Gasteiger partial charge in [-0.1, -0.05) is 91.0 Å². The number of hydrogen-bond acceptors (Lipinski definition) is 3. The summed E-state index contributed by atoms with van der Waals surface area (Å²) in [5.41, 5.74) is 1.49. The molecule has 26 heavy (non-hydrogen) atoms. The summed E-state index contributed by atoms with van der Waals surface area (Å²) in [6.07, 6.45) is -0.549. The molecule has 3 aromatic carbocycles. The number of nitrogens with zero attached hydrogens (tertiary/aromatic N) is 1. The zero-order chi connectivity index (χ0) is 18.2. The molecule has 1 aliphatic rings. The first-order valence-corrected chi connectivity index (χ1v) is 8.89. The van der Waals surface area contributed by atoms with E-state index >= 15 is 0 Å². The summed E-state index contributed by atoms with van der Waals surface area (Å²) in [4.78, 5) is 0. The van der Waals surface area contributed by atoms with Crippen LogP contribution in [0.5, 0.6) is 0 Å². The van der Waals surface area contributed by atoms with Crippen molar-refractivity contribution in [1.29, 1.82) is 0 Å². The molecule has 0 saturated carbocycles. The fraction of sp³-hybridized carbons (Fsp3) is 0.217. The molecule has 3 nitrogen and oxygen atoms in total. The number of ether oxygens (including phenoxy) is 1. The Kier molecular flexibility index (Phi) is 4.16. The summed E-state index contributed by atoms with van der Waals surface area (Å²) in [5, 5.41) is 12.5. The van der Waals surface area contributed by atoms with E-state index in [9.17, 15) is 5.21 Å². The zero-order valence-electron chi connectivity index (χ0n) is 15.0. The Morgan fingerprint density at radius 1 is 0.731 bits per heavy atom. The Morgan fingerprint density at radius 2 is 1.15 bits per heavy atom. The number of benzene rings is 3. The van der Waals surface area contributed by atoms with Crippen LogP contribution in [-0.4, -0.2) is 15.8 Å². The first kappa shape index (κ1) is 17.0. The second-order valence-electron chi connectivity index (χ2n) is 7.20. The van der Waals surface area contributed by atoms with E-state index in [2.05, 4.69) is 24.3 Å². The molecule has 3 aromatic rings. The number of rotatable bonds is 3. The quantitative estimate of drug-likeness (QED) is 0.714. The monoisotopic (exact) mass is 345 g/mol. The van der Waals surface area contributed by atoms with Crippen molar-refractivity contribution in [2.24, 2.45) is 0 Å². The van der Waals surface area contributed by atoms with Crippen molar-refractivity contribution in [1.82, 2.24) is 5.06 Å². The van der Waals surface area contributed by atoms with Crippen LogP contribution in [-0.2, 0) is 10.3 Å². The maximum absolute atomic E-state index is 11.1. The van der Waals surface area contributed by atoms with Gasteiger partial charge in [0.15, 0.2) is 6.23 Å². The second-order valence-corrected chi connectivity index (χ2v) is 7.20. The van der Waals surface area contributed by atoms with Crippen LogP contribution in [0.2, 0.25) is 0 Å². The molecule has 1 aliphatic heterocycles. The summed E-state index contributed by atoms with van der Waals surface area (Å²) >= 11 is 0. The van der Waals surface area contributed by atoms with Crippen LogP contribution in [0.1, 0.15) is 36.8 Å². The van der Waals surface area contributed by atoms with Gasteiger partial charge in [-0.25, -0.2) is 0 Å². The standard InChI is InChI=1S/C23H23NO2/c1-22(2)23(19-14-8-4-9-15-19,20-16-10-5-11-17-20)26-21(24(22)25)18-12-6-3-7-13-18/h3-17,21,25H,1-2H3. The van der Waals surface area contributed by atoms with E-state index in [1.807, 2.05) is 80.6 Å². The lowest BCUT2D eigenvalue weighted by atomic mass is 9.73. The summed E-state index contributed by atoms with van der Waals surface area (Å²) in [6, 6.07) is 30.2. The van der Waals surface area contributed by atoms with Crippen LogP contribution in [0.3, 0.4) is 0 Å². The third-order valence-electron chi connectivity index (χ3n) is 5.39. The largest absolute Gasteiger partial charge is 0.339 e. The third kappa shape index (κ3) is 2.40. The van der Waals surface area contributed by atoms with Crippen LogP contribution >= 0.6 is 0 Å². The molecule has 0 aromatic heterocycles. The minimum atomic E-state index is -0.801. The van der Waals surface area contributed by atoms with Crippen LogP contribution in [0.25, 0.3) is 0 Å². The van der Waals surface area contributed by atoms with Crippen molar-refractivity contribution in [2.45, 2.75) is 31.2 Å². The molecular formula is C23H23NO2. The van der Waals surface area contributed by atoms with Gasteiger partial charge < -0.3 is 9.94 Å². The Bertz CT molecular complexity index is 823. The van der Waals surface area contributed by atoms with Crippen LogP contribution in [0.4, 0.5) is 0 Å². The summed E-state index contributed by atoms with van der Waals surface area (Å²) in [7, 11) is 0. The van der Waals surface area contributed by atoms with Gasteiger partial charge in [0.05, 0.1) is 5.54 Å². The Hall–Kier alpha value is -2.46. The molecule has 1 N–H and O–H groups in total. The molecule has 0 radical (unpaired) electrons. The highest BCUT2D eigenvalue weighted by molar-refractivity contribution is 5.42. The lowest BCUT2D eigenvalue weighted by Gasteiger charge is -2.41. The SMILES string of the molecule is CC1(C)N(O)C(c2ccccc2)OC1(c1ccccc1)c1ccccc1. The predicted molar refractivity (Wildman–Crippen MR) is 102 cm³/mol. The topological polar surface area (TPSA) is 32.7 Å². The van der Waals surface area contributed by atoms with Crippen molar-refractivity contribution >= 4 is 0 Å². The average molecular weight is 345 g/mol. The molecule has 0 amide bonds. The predicted octanol–water partition coefficient (Wildman–Crippen LogP) is 5.13. The molecule has 1 saturated heterocycles. The molecule has 1 unspecified atom stereocenters. The van der Waals surface area contributed by atoms with Gasteiger partial charge in [-0.05, 0) is 30.5 Å². The zero-order valence-corrected chi connectivity index (χ0v) is 15.0. The maximum Gasteiger partial charge on any atom is 0.161 e. The van der Waals surface area contributed by atoms with Gasteiger partial charge in [0.1, 0.15) is 5.60 Å². The molecule has 0 spiro atoms. The first-order valence-electron chi connectivity index (χ1n) is 8.89. The van der Waals surface area contributed by atoms with Gasteiger partial charge in [-0.2, -0.15) is 5.06 Å². The first-order chi connectivity index (χ1) is 12.6. The minimum Gasteiger partial charge on any atom is -0.339 e. The molecule has 1 heterocycles. The highest BCUT2D eigenvalue weighted by Gasteiger charge is 2.61. The highest BCUT2D eigenvalue weighted by atomic mass is 16.6. The Labute approximate surface area is 154 Å². The van der Waals surface area contributed by atoms with E-state index < -0.39 is 17.4 Å². The van der Waals surface area contributed by atoms with E-state index in [0.717, 1.165) is 16.7 Å². The van der Waals surface area contributed by atoms with Gasteiger partial charge in [0, 0.05) is 0 Å². The average Bonchev–Trinajstić information content (AvgIpc) is 2.91. The lowest BCUT2D eigenvalue weighted by Crippen LogP contribution is -2.51. The Balaban J connectivity index is 1.94. The highest BCUT2D eigenvalue weighted by Crippen LogP contribution is 2.55. The molecule has 0 aliphatic carbocycles. The van der Waals surface area contributed by atoms with E-state index in [1.54, 1.807) is 0 Å². The van der Waals surface area contributed by atoms with Crippen LogP contribution in [0, 0.1) is 0 Å². The van der Waals surface area contributed by atoms with Gasteiger partial charge in [-0.15, -0.1) is 0 Å². The summed E-state index contributed by atoms with van der Waals surface area (Å²) in [5.74, 6) is 0. The van der Waals surface area contributed by atoms with Crippen molar-refractivity contribution in [3.05, 3.63) is 108 Å².